The van der Waals surface area contributed by atoms with E-state index in [1.807, 2.05) is 0 Å². The molecule has 3 heterocycles. The molecule has 156 valence electrons. The van der Waals surface area contributed by atoms with Gasteiger partial charge in [0, 0.05) is 26.7 Å². The van der Waals surface area contributed by atoms with Crippen LogP contribution in [0.2, 0.25) is 0 Å². The smallest absolute Gasteiger partial charge is 0.188 e. The standard InChI is InChI=1S/C19H31N5S4/c1-3-4-5-6-7-8-10-16-13-22-17(26)21(2)28-19(22)23(14-16)18(27)24(28)12-9-11-20-15-25/h16H,3-14H2,1-2H3. The van der Waals surface area contributed by atoms with Gasteiger partial charge >= 0.3 is 0 Å². The van der Waals surface area contributed by atoms with Gasteiger partial charge in [0.25, 0.3) is 0 Å². The van der Waals surface area contributed by atoms with Gasteiger partial charge in [-0.05, 0) is 55.4 Å². The van der Waals surface area contributed by atoms with E-state index in [4.69, 9.17) is 24.4 Å². The fourth-order valence-electron chi connectivity index (χ4n) is 4.13. The van der Waals surface area contributed by atoms with Crippen LogP contribution in [0.1, 0.15) is 58.3 Å². The monoisotopic (exact) mass is 457 g/mol. The number of rotatable bonds is 11. The molecule has 0 radical (unpaired) electrons. The van der Waals surface area contributed by atoms with Gasteiger partial charge in [0.15, 0.2) is 15.3 Å². The number of aliphatic imine (C=N–C) groups is 1. The second-order valence-electron chi connectivity index (χ2n) is 7.68. The number of nitrogens with zero attached hydrogens (tertiary/aromatic N) is 5. The number of thiocarbonyl (C=S) groups is 3. The summed E-state index contributed by atoms with van der Waals surface area (Å²) in [5.41, 5.74) is 0. The van der Waals surface area contributed by atoms with E-state index in [1.165, 1.54) is 50.1 Å². The number of unbranched alkanes of at least 4 members (excludes halogenated alkanes) is 5. The van der Waals surface area contributed by atoms with Gasteiger partial charge in [-0.2, -0.15) is 0 Å². The van der Waals surface area contributed by atoms with Crippen LogP contribution in [0.25, 0.3) is 0 Å². The fraction of sp³-hybridized carbons (Fsp3) is 0.789. The van der Waals surface area contributed by atoms with Gasteiger partial charge in [0.05, 0.1) is 22.6 Å². The Kier molecular flexibility index (Phi) is 8.23. The van der Waals surface area contributed by atoms with Crippen LogP contribution < -0.4 is 0 Å². The van der Waals surface area contributed by atoms with Crippen molar-refractivity contribution in [2.45, 2.75) is 58.3 Å². The number of isothiocyanates is 1. The Balaban J connectivity index is 1.62. The quantitative estimate of drug-likeness (QED) is 0.256. The third kappa shape index (κ3) is 4.59. The fourth-order valence-corrected chi connectivity index (χ4v) is 7.42. The van der Waals surface area contributed by atoms with Crippen molar-refractivity contribution in [2.75, 3.05) is 33.2 Å². The Morgan fingerprint density at radius 1 is 1.04 bits per heavy atom. The van der Waals surface area contributed by atoms with Crippen LogP contribution in [-0.4, -0.2) is 72.1 Å². The first kappa shape index (κ1) is 22.1. The Morgan fingerprint density at radius 2 is 1.71 bits per heavy atom. The van der Waals surface area contributed by atoms with E-state index >= 15 is 0 Å². The lowest BCUT2D eigenvalue weighted by molar-refractivity contribution is 0.283. The summed E-state index contributed by atoms with van der Waals surface area (Å²) in [4.78, 5) is 8.76. The SMILES string of the molecule is CCCCCCCCC1CN2C(=S)N(C)S3=C2N(C1)C(=S)N3CCCN=C=S. The molecule has 3 aliphatic rings. The first-order valence-corrected chi connectivity index (χ1v) is 12.8. The van der Waals surface area contributed by atoms with Crippen LogP contribution in [-0.2, 0) is 0 Å². The van der Waals surface area contributed by atoms with Crippen molar-refractivity contribution in [1.82, 2.24) is 18.4 Å². The van der Waals surface area contributed by atoms with Crippen molar-refractivity contribution in [1.29, 1.82) is 0 Å². The molecule has 2 atom stereocenters. The molecule has 0 bridgehead atoms. The molecule has 1 saturated heterocycles. The molecule has 0 aromatic heterocycles. The van der Waals surface area contributed by atoms with Gasteiger partial charge in [-0.1, -0.05) is 45.4 Å². The lowest BCUT2D eigenvalue weighted by Gasteiger charge is -2.40. The predicted molar refractivity (Wildman–Crippen MR) is 132 cm³/mol. The van der Waals surface area contributed by atoms with Crippen molar-refractivity contribution >= 4 is 68.0 Å². The third-order valence-electron chi connectivity index (χ3n) is 5.58. The van der Waals surface area contributed by atoms with E-state index < -0.39 is 0 Å². The van der Waals surface area contributed by atoms with Crippen molar-refractivity contribution in [3.63, 3.8) is 0 Å². The van der Waals surface area contributed by atoms with E-state index in [-0.39, 0.29) is 10.9 Å². The van der Waals surface area contributed by atoms with Gasteiger partial charge in [0.2, 0.25) is 0 Å². The Morgan fingerprint density at radius 3 is 2.43 bits per heavy atom. The minimum Gasteiger partial charge on any atom is -0.296 e. The zero-order valence-electron chi connectivity index (χ0n) is 16.9. The van der Waals surface area contributed by atoms with E-state index in [9.17, 15) is 0 Å². The Bertz CT molecular complexity index is 688. The van der Waals surface area contributed by atoms with E-state index in [0.29, 0.717) is 12.5 Å². The van der Waals surface area contributed by atoms with Crippen LogP contribution >= 0.6 is 47.5 Å². The highest BCUT2D eigenvalue weighted by atomic mass is 32.2. The zero-order chi connectivity index (χ0) is 20.1. The molecular weight excluding hydrogens is 427 g/mol. The highest BCUT2D eigenvalue weighted by Gasteiger charge is 2.49. The van der Waals surface area contributed by atoms with Crippen molar-refractivity contribution < 1.29 is 0 Å². The molecule has 0 saturated carbocycles. The molecule has 3 rings (SSSR count). The highest BCUT2D eigenvalue weighted by molar-refractivity contribution is 8.14. The van der Waals surface area contributed by atoms with Crippen LogP contribution in [0.3, 0.4) is 0 Å². The van der Waals surface area contributed by atoms with Crippen LogP contribution in [0.4, 0.5) is 0 Å². The molecule has 0 spiro atoms. The summed E-state index contributed by atoms with van der Waals surface area (Å²) >= 11 is 16.3. The van der Waals surface area contributed by atoms with Crippen molar-refractivity contribution in [3.8, 4) is 0 Å². The summed E-state index contributed by atoms with van der Waals surface area (Å²) in [6.45, 7) is 5.93. The van der Waals surface area contributed by atoms with Crippen LogP contribution in [0, 0.1) is 5.92 Å². The Hall–Kier alpha value is -0.600. The van der Waals surface area contributed by atoms with Crippen LogP contribution in [0.5, 0.6) is 0 Å². The molecular formula is C19H31N5S4. The van der Waals surface area contributed by atoms with Gasteiger partial charge in [-0.15, -0.1) is 0 Å². The third-order valence-corrected chi connectivity index (χ3v) is 9.11. The summed E-state index contributed by atoms with van der Waals surface area (Å²) < 4.78 is 4.57. The summed E-state index contributed by atoms with van der Waals surface area (Å²) in [5, 5.41) is 5.65. The molecule has 3 aliphatic heterocycles. The maximum Gasteiger partial charge on any atom is 0.188 e. The summed E-state index contributed by atoms with van der Waals surface area (Å²) in [6.07, 6.45) is 10.3. The summed E-state index contributed by atoms with van der Waals surface area (Å²) in [5.74, 6) is 0.627. The minimum absolute atomic E-state index is 0.186. The lowest BCUT2D eigenvalue weighted by Crippen LogP contribution is -2.55. The second-order valence-corrected chi connectivity index (χ2v) is 10.5. The molecule has 9 heteroatoms. The molecule has 2 unspecified atom stereocenters. The van der Waals surface area contributed by atoms with E-state index in [0.717, 1.165) is 36.3 Å². The number of hydrogen-bond donors (Lipinski definition) is 0. The van der Waals surface area contributed by atoms with Gasteiger partial charge in [-0.3, -0.25) is 18.4 Å². The minimum atomic E-state index is -0.186. The summed E-state index contributed by atoms with van der Waals surface area (Å²) in [7, 11) is 1.92. The molecule has 28 heavy (non-hydrogen) atoms. The normalized spacial score (nSPS) is 23.6. The molecule has 5 nitrogen and oxygen atoms in total. The molecule has 0 aliphatic carbocycles. The Labute approximate surface area is 188 Å². The second kappa shape index (κ2) is 10.4. The van der Waals surface area contributed by atoms with Crippen molar-refractivity contribution in [2.24, 2.45) is 10.9 Å². The average molecular weight is 458 g/mol. The molecule has 0 aromatic carbocycles. The molecule has 0 amide bonds. The maximum absolute atomic E-state index is 5.88. The van der Waals surface area contributed by atoms with E-state index in [1.54, 1.807) is 0 Å². The van der Waals surface area contributed by atoms with Gasteiger partial charge in [-0.25, -0.2) is 4.99 Å². The number of hydrogen-bond acceptors (Lipinski definition) is 4. The first-order chi connectivity index (χ1) is 13.6. The van der Waals surface area contributed by atoms with Gasteiger partial charge < -0.3 is 0 Å². The molecule has 1 fully saturated rings. The summed E-state index contributed by atoms with van der Waals surface area (Å²) in [6, 6.07) is 0. The average Bonchev–Trinajstić information content (AvgIpc) is 3.11. The van der Waals surface area contributed by atoms with Gasteiger partial charge in [0.1, 0.15) is 0 Å². The van der Waals surface area contributed by atoms with Crippen molar-refractivity contribution in [3.05, 3.63) is 0 Å². The molecule has 0 aromatic rings. The van der Waals surface area contributed by atoms with E-state index in [2.05, 4.69) is 54.8 Å². The highest BCUT2D eigenvalue weighted by Crippen LogP contribution is 2.44. The first-order valence-electron chi connectivity index (χ1n) is 10.4. The zero-order valence-corrected chi connectivity index (χ0v) is 20.2. The largest absolute Gasteiger partial charge is 0.296 e. The predicted octanol–water partition coefficient (Wildman–Crippen LogP) is 4.48. The maximum atomic E-state index is 5.88. The topological polar surface area (TPSA) is 25.3 Å². The van der Waals surface area contributed by atoms with Crippen LogP contribution in [0.15, 0.2) is 4.99 Å². The molecule has 0 N–H and O–H groups in total. The lowest BCUT2D eigenvalue weighted by atomic mass is 9.97.